The summed E-state index contributed by atoms with van der Waals surface area (Å²) in [6.45, 7) is -0.227. The number of alkyl carbamates (subject to hydrolysis) is 1. The lowest BCUT2D eigenvalue weighted by atomic mass is 10.2. The molecule has 7 nitrogen and oxygen atoms in total. The lowest BCUT2D eigenvalue weighted by Crippen LogP contribution is -2.32. The summed E-state index contributed by atoms with van der Waals surface area (Å²) in [6.07, 6.45) is -0.696. The monoisotopic (exact) mass is 266 g/mol. The van der Waals surface area contributed by atoms with E-state index in [1.807, 2.05) is 0 Å². The topological polar surface area (TPSA) is 93.7 Å². The minimum absolute atomic E-state index is 0.227. The van der Waals surface area contributed by atoms with Crippen molar-refractivity contribution in [3.8, 4) is 0 Å². The second kappa shape index (κ2) is 7.00. The van der Waals surface area contributed by atoms with E-state index in [0.717, 1.165) is 0 Å². The second-order valence-electron chi connectivity index (χ2n) is 3.47. The third-order valence-electron chi connectivity index (χ3n) is 2.15. The fourth-order valence-electron chi connectivity index (χ4n) is 1.27. The van der Waals surface area contributed by atoms with Gasteiger partial charge < -0.3 is 20.1 Å². The molecule has 2 N–H and O–H groups in total. The van der Waals surface area contributed by atoms with E-state index in [9.17, 15) is 14.4 Å². The average Bonchev–Trinajstić information content (AvgIpc) is 2.44. The van der Waals surface area contributed by atoms with Crippen LogP contribution >= 0.6 is 0 Å². The Kier molecular flexibility index (Phi) is 5.34. The number of methoxy groups -OCH3 is 2. The zero-order chi connectivity index (χ0) is 14.3. The second-order valence-corrected chi connectivity index (χ2v) is 3.47. The van der Waals surface area contributed by atoms with Crippen LogP contribution in [0.4, 0.5) is 10.5 Å². The van der Waals surface area contributed by atoms with Gasteiger partial charge in [-0.25, -0.2) is 9.59 Å². The molecular weight excluding hydrogens is 252 g/mol. The zero-order valence-electron chi connectivity index (χ0n) is 10.6. The number of rotatable bonds is 4. The van der Waals surface area contributed by atoms with E-state index in [4.69, 9.17) is 0 Å². The van der Waals surface area contributed by atoms with Gasteiger partial charge in [0, 0.05) is 5.69 Å². The number of hydrogen-bond acceptors (Lipinski definition) is 5. The van der Waals surface area contributed by atoms with E-state index in [-0.39, 0.29) is 6.54 Å². The van der Waals surface area contributed by atoms with Crippen LogP contribution in [-0.2, 0) is 14.3 Å². The number of nitrogens with one attached hydrogen (secondary N) is 2. The molecule has 0 atom stereocenters. The summed E-state index contributed by atoms with van der Waals surface area (Å²) in [5.41, 5.74) is 0.751. The van der Waals surface area contributed by atoms with Gasteiger partial charge in [0.1, 0.15) is 6.54 Å². The Bertz CT molecular complexity index is 487. The molecule has 0 radical (unpaired) electrons. The summed E-state index contributed by atoms with van der Waals surface area (Å²) in [6, 6.07) is 6.26. The van der Waals surface area contributed by atoms with Gasteiger partial charge in [-0.1, -0.05) is 6.07 Å². The Morgan fingerprint density at radius 1 is 1.16 bits per heavy atom. The van der Waals surface area contributed by atoms with Gasteiger partial charge in [0.25, 0.3) is 0 Å². The first-order valence-electron chi connectivity index (χ1n) is 5.37. The van der Waals surface area contributed by atoms with Gasteiger partial charge in [0.15, 0.2) is 0 Å². The highest BCUT2D eigenvalue weighted by Gasteiger charge is 2.08. The lowest BCUT2D eigenvalue weighted by molar-refractivity contribution is -0.115. The molecule has 19 heavy (non-hydrogen) atoms. The molecule has 1 aromatic carbocycles. The Hall–Kier alpha value is -2.57. The van der Waals surface area contributed by atoms with Crippen LogP contribution in [0.3, 0.4) is 0 Å². The molecular formula is C12H14N2O5. The highest BCUT2D eigenvalue weighted by atomic mass is 16.5. The Balaban J connectivity index is 2.59. The van der Waals surface area contributed by atoms with Gasteiger partial charge in [-0.15, -0.1) is 0 Å². The molecule has 1 aromatic rings. The predicted molar refractivity (Wildman–Crippen MR) is 66.8 cm³/mol. The van der Waals surface area contributed by atoms with E-state index < -0.39 is 18.0 Å². The van der Waals surface area contributed by atoms with Crippen molar-refractivity contribution in [1.82, 2.24) is 5.32 Å². The summed E-state index contributed by atoms with van der Waals surface area (Å²) < 4.78 is 8.89. The molecule has 0 fully saturated rings. The van der Waals surface area contributed by atoms with Crippen molar-refractivity contribution in [2.45, 2.75) is 0 Å². The van der Waals surface area contributed by atoms with Gasteiger partial charge in [0.2, 0.25) is 5.91 Å². The molecule has 2 amide bonds. The van der Waals surface area contributed by atoms with Crippen LogP contribution < -0.4 is 10.6 Å². The van der Waals surface area contributed by atoms with Gasteiger partial charge in [-0.05, 0) is 18.2 Å². The van der Waals surface area contributed by atoms with Crippen molar-refractivity contribution >= 4 is 23.7 Å². The summed E-state index contributed by atoms with van der Waals surface area (Å²) in [7, 11) is 2.47. The normalized spacial score (nSPS) is 9.37. The van der Waals surface area contributed by atoms with E-state index in [1.165, 1.54) is 20.3 Å². The molecule has 0 aliphatic rings. The van der Waals surface area contributed by atoms with Gasteiger partial charge in [-0.3, -0.25) is 4.79 Å². The van der Waals surface area contributed by atoms with E-state index in [1.54, 1.807) is 18.2 Å². The number of hydrogen-bond donors (Lipinski definition) is 2. The standard InChI is InChI=1S/C12H14N2O5/c1-18-11(16)8-4-3-5-9(6-8)14-10(15)7-13-12(17)19-2/h3-6H,7H2,1-2H3,(H,13,17)(H,14,15). The molecule has 0 spiro atoms. The Morgan fingerprint density at radius 3 is 2.53 bits per heavy atom. The van der Waals surface area contributed by atoms with E-state index in [0.29, 0.717) is 11.3 Å². The first-order valence-corrected chi connectivity index (χ1v) is 5.37. The van der Waals surface area contributed by atoms with Crippen molar-refractivity contribution < 1.29 is 23.9 Å². The quantitative estimate of drug-likeness (QED) is 0.785. The van der Waals surface area contributed by atoms with Crippen molar-refractivity contribution in [1.29, 1.82) is 0 Å². The summed E-state index contributed by atoms with van der Waals surface area (Å²) in [5, 5.41) is 4.76. The zero-order valence-corrected chi connectivity index (χ0v) is 10.6. The molecule has 0 unspecified atom stereocenters. The third-order valence-corrected chi connectivity index (χ3v) is 2.15. The molecule has 0 heterocycles. The van der Waals surface area contributed by atoms with Gasteiger partial charge >= 0.3 is 12.1 Å². The van der Waals surface area contributed by atoms with Crippen LogP contribution in [0.5, 0.6) is 0 Å². The van der Waals surface area contributed by atoms with Crippen LogP contribution in [0.25, 0.3) is 0 Å². The first kappa shape index (κ1) is 14.5. The number of carbonyl (C=O) groups is 3. The van der Waals surface area contributed by atoms with Gasteiger partial charge in [0.05, 0.1) is 19.8 Å². The van der Waals surface area contributed by atoms with Gasteiger partial charge in [-0.2, -0.15) is 0 Å². The smallest absolute Gasteiger partial charge is 0.407 e. The Morgan fingerprint density at radius 2 is 1.89 bits per heavy atom. The molecule has 102 valence electrons. The summed E-state index contributed by atoms with van der Waals surface area (Å²) >= 11 is 0. The average molecular weight is 266 g/mol. The van der Waals surface area contributed by atoms with Crippen LogP contribution in [0.2, 0.25) is 0 Å². The molecule has 1 rings (SSSR count). The highest BCUT2D eigenvalue weighted by molar-refractivity contribution is 5.96. The summed E-state index contributed by atoms with van der Waals surface area (Å²) in [4.78, 5) is 33.6. The van der Waals surface area contributed by atoms with E-state index in [2.05, 4.69) is 20.1 Å². The Labute approximate surface area is 109 Å². The highest BCUT2D eigenvalue weighted by Crippen LogP contribution is 2.11. The van der Waals surface area contributed by atoms with Crippen molar-refractivity contribution in [2.24, 2.45) is 0 Å². The maximum Gasteiger partial charge on any atom is 0.407 e. The number of esters is 1. The fourth-order valence-corrected chi connectivity index (χ4v) is 1.27. The lowest BCUT2D eigenvalue weighted by Gasteiger charge is -2.07. The number of carbonyl (C=O) groups excluding carboxylic acids is 3. The van der Waals surface area contributed by atoms with E-state index >= 15 is 0 Å². The molecule has 0 aliphatic carbocycles. The molecule has 0 aromatic heterocycles. The molecule has 0 aliphatic heterocycles. The molecule has 7 heteroatoms. The first-order chi connectivity index (χ1) is 9.06. The van der Waals surface area contributed by atoms with Crippen molar-refractivity contribution in [3.63, 3.8) is 0 Å². The fraction of sp³-hybridized carbons (Fsp3) is 0.250. The van der Waals surface area contributed by atoms with Crippen molar-refractivity contribution in [2.75, 3.05) is 26.1 Å². The largest absolute Gasteiger partial charge is 0.465 e. The number of amides is 2. The van der Waals surface area contributed by atoms with Crippen LogP contribution in [0.1, 0.15) is 10.4 Å². The molecule has 0 saturated heterocycles. The summed E-state index contributed by atoms with van der Waals surface area (Å²) in [5.74, 6) is -0.934. The molecule has 0 bridgehead atoms. The van der Waals surface area contributed by atoms with Crippen LogP contribution in [0, 0.1) is 0 Å². The van der Waals surface area contributed by atoms with Crippen LogP contribution in [-0.4, -0.2) is 38.7 Å². The SMILES string of the molecule is COC(=O)NCC(=O)Nc1cccc(C(=O)OC)c1. The van der Waals surface area contributed by atoms with Crippen molar-refractivity contribution in [3.05, 3.63) is 29.8 Å². The predicted octanol–water partition coefficient (Wildman–Crippen LogP) is 0.768. The number of anilines is 1. The number of ether oxygens (including phenoxy) is 2. The molecule has 0 saturated carbocycles. The minimum atomic E-state index is -0.696. The number of benzene rings is 1. The van der Waals surface area contributed by atoms with Crippen LogP contribution in [0.15, 0.2) is 24.3 Å². The maximum atomic E-state index is 11.5. The third kappa shape index (κ3) is 4.66. The minimum Gasteiger partial charge on any atom is -0.465 e. The maximum absolute atomic E-state index is 11.5.